The molecule has 19 heavy (non-hydrogen) atoms. The van der Waals surface area contributed by atoms with E-state index in [1.165, 1.54) is 4.90 Å². The third-order valence-electron chi connectivity index (χ3n) is 2.95. The first-order chi connectivity index (χ1) is 8.58. The number of hydrogen-bond donors (Lipinski definition) is 3. The molecule has 6 heteroatoms. The smallest absolute Gasteiger partial charge is 0.317 e. The first kappa shape index (κ1) is 17.7. The van der Waals surface area contributed by atoms with Gasteiger partial charge in [0.25, 0.3) is 0 Å². The summed E-state index contributed by atoms with van der Waals surface area (Å²) in [7, 11) is 1.57. The van der Waals surface area contributed by atoms with Crippen LogP contribution in [-0.2, 0) is 4.79 Å². The number of carboxylic acid groups (broad SMARTS) is 1. The summed E-state index contributed by atoms with van der Waals surface area (Å²) in [6.45, 7) is 7.56. The minimum atomic E-state index is -0.909. The third kappa shape index (κ3) is 7.00. The fraction of sp³-hybridized carbons (Fsp3) is 0.846. The van der Waals surface area contributed by atoms with E-state index in [1.54, 1.807) is 14.0 Å². The molecule has 112 valence electrons. The number of aliphatic carboxylic acids is 1. The van der Waals surface area contributed by atoms with E-state index in [0.29, 0.717) is 6.42 Å². The van der Waals surface area contributed by atoms with Gasteiger partial charge in [-0.05, 0) is 18.8 Å². The van der Waals surface area contributed by atoms with Gasteiger partial charge in [-0.1, -0.05) is 20.8 Å². The largest absolute Gasteiger partial charge is 0.481 e. The lowest BCUT2D eigenvalue weighted by Gasteiger charge is -2.26. The maximum Gasteiger partial charge on any atom is 0.317 e. The van der Waals surface area contributed by atoms with Gasteiger partial charge in [-0.15, -0.1) is 0 Å². The van der Waals surface area contributed by atoms with Gasteiger partial charge in [0.1, 0.15) is 0 Å². The zero-order chi connectivity index (χ0) is 15.2. The number of carbonyl (C=O) groups is 2. The van der Waals surface area contributed by atoms with Crippen LogP contribution in [0.4, 0.5) is 4.79 Å². The summed E-state index contributed by atoms with van der Waals surface area (Å²) < 4.78 is 0. The van der Waals surface area contributed by atoms with Crippen LogP contribution >= 0.6 is 0 Å². The van der Waals surface area contributed by atoms with Gasteiger partial charge in [0.15, 0.2) is 0 Å². The molecule has 0 spiro atoms. The minimum Gasteiger partial charge on any atom is -0.481 e. The Kier molecular flexibility index (Phi) is 6.83. The first-order valence-corrected chi connectivity index (χ1v) is 6.42. The molecule has 0 aromatic carbocycles. The van der Waals surface area contributed by atoms with Crippen molar-refractivity contribution in [1.29, 1.82) is 0 Å². The Hall–Kier alpha value is -1.30. The highest BCUT2D eigenvalue weighted by molar-refractivity contribution is 5.76. The molecule has 0 aliphatic rings. The van der Waals surface area contributed by atoms with Crippen molar-refractivity contribution in [2.45, 2.75) is 40.2 Å². The molecule has 0 aliphatic heterocycles. The quantitative estimate of drug-likeness (QED) is 0.677. The Bertz CT molecular complexity index is 312. The number of nitrogens with one attached hydrogen (secondary N) is 1. The number of likely N-dealkylation sites (N-methyl/N-ethyl adjacent to an activating group) is 1. The van der Waals surface area contributed by atoms with E-state index in [1.807, 2.05) is 20.8 Å². The van der Waals surface area contributed by atoms with Crippen LogP contribution in [0.5, 0.6) is 0 Å². The van der Waals surface area contributed by atoms with Gasteiger partial charge < -0.3 is 20.4 Å². The van der Waals surface area contributed by atoms with Gasteiger partial charge in [-0.25, -0.2) is 4.79 Å². The second-order valence-electron chi connectivity index (χ2n) is 6.13. The molecule has 2 atom stereocenters. The predicted octanol–water partition coefficient (Wildman–Crippen LogP) is 1.15. The van der Waals surface area contributed by atoms with Crippen LogP contribution in [0.3, 0.4) is 0 Å². The monoisotopic (exact) mass is 274 g/mol. The predicted molar refractivity (Wildman–Crippen MR) is 72.9 cm³/mol. The second-order valence-corrected chi connectivity index (χ2v) is 6.13. The highest BCUT2D eigenvalue weighted by atomic mass is 16.4. The van der Waals surface area contributed by atoms with E-state index in [0.717, 1.165) is 0 Å². The molecule has 3 N–H and O–H groups in total. The van der Waals surface area contributed by atoms with Gasteiger partial charge in [0.2, 0.25) is 0 Å². The number of aliphatic hydroxyl groups is 1. The standard InChI is InChI=1S/C13H26N2O4/c1-9(8-16)15(5)12(19)14-7-10(11(17)18)6-13(2,3)4/h9-10,16H,6-8H2,1-5H3,(H,14,19)(H,17,18). The molecule has 0 saturated carbocycles. The molecule has 2 amide bonds. The summed E-state index contributed by atoms with van der Waals surface area (Å²) >= 11 is 0. The maximum atomic E-state index is 11.7. The summed E-state index contributed by atoms with van der Waals surface area (Å²) in [6, 6.07) is -0.674. The average molecular weight is 274 g/mol. The van der Waals surface area contributed by atoms with E-state index in [9.17, 15) is 9.59 Å². The Morgan fingerprint density at radius 2 is 1.84 bits per heavy atom. The number of amides is 2. The number of aliphatic hydroxyl groups excluding tert-OH is 1. The molecule has 2 unspecified atom stereocenters. The number of urea groups is 1. The summed E-state index contributed by atoms with van der Waals surface area (Å²) in [5.74, 6) is -1.52. The van der Waals surface area contributed by atoms with Crippen LogP contribution in [0.15, 0.2) is 0 Å². The number of carboxylic acids is 1. The van der Waals surface area contributed by atoms with E-state index < -0.39 is 11.9 Å². The molecule has 0 bridgehead atoms. The first-order valence-electron chi connectivity index (χ1n) is 6.42. The topological polar surface area (TPSA) is 89.9 Å². The van der Waals surface area contributed by atoms with Gasteiger partial charge in [-0.3, -0.25) is 4.79 Å². The zero-order valence-corrected chi connectivity index (χ0v) is 12.4. The van der Waals surface area contributed by atoms with Crippen molar-refractivity contribution in [2.75, 3.05) is 20.2 Å². The van der Waals surface area contributed by atoms with E-state index in [2.05, 4.69) is 5.32 Å². The number of rotatable bonds is 6. The molecular formula is C13H26N2O4. The van der Waals surface area contributed by atoms with Crippen LogP contribution in [0.25, 0.3) is 0 Å². The van der Waals surface area contributed by atoms with Crippen LogP contribution < -0.4 is 5.32 Å². The van der Waals surface area contributed by atoms with E-state index >= 15 is 0 Å². The second kappa shape index (κ2) is 7.33. The molecular weight excluding hydrogens is 248 g/mol. The number of hydrogen-bond acceptors (Lipinski definition) is 3. The SMILES string of the molecule is CC(CO)N(C)C(=O)NCC(CC(C)(C)C)C(=O)O. The molecule has 0 aromatic rings. The number of carbonyl (C=O) groups excluding carboxylic acids is 1. The van der Waals surface area contributed by atoms with Gasteiger partial charge >= 0.3 is 12.0 Å². The van der Waals surface area contributed by atoms with Gasteiger partial charge in [-0.2, -0.15) is 0 Å². The summed E-state index contributed by atoms with van der Waals surface area (Å²) in [5, 5.41) is 20.7. The molecule has 0 radical (unpaired) electrons. The Labute approximate surface area is 114 Å². The van der Waals surface area contributed by atoms with Crippen LogP contribution in [0.2, 0.25) is 0 Å². The van der Waals surface area contributed by atoms with Gasteiger partial charge in [0, 0.05) is 13.6 Å². The third-order valence-corrected chi connectivity index (χ3v) is 2.95. The Morgan fingerprint density at radius 1 is 1.32 bits per heavy atom. The fourth-order valence-electron chi connectivity index (χ4n) is 1.64. The van der Waals surface area contributed by atoms with Crippen molar-refractivity contribution < 1.29 is 19.8 Å². The molecule has 0 rings (SSSR count). The molecule has 0 saturated heterocycles. The van der Waals surface area contributed by atoms with Crippen LogP contribution in [0.1, 0.15) is 34.1 Å². The zero-order valence-electron chi connectivity index (χ0n) is 12.4. The lowest BCUT2D eigenvalue weighted by molar-refractivity contribution is -0.142. The Morgan fingerprint density at radius 3 is 2.21 bits per heavy atom. The van der Waals surface area contributed by atoms with Gasteiger partial charge in [0.05, 0.1) is 18.6 Å². The van der Waals surface area contributed by atoms with Crippen molar-refractivity contribution in [2.24, 2.45) is 11.3 Å². The molecule has 0 heterocycles. The summed E-state index contributed by atoms with van der Waals surface area (Å²) in [5.41, 5.74) is -0.113. The Balaban J connectivity index is 4.41. The molecule has 0 aromatic heterocycles. The van der Waals surface area contributed by atoms with Crippen molar-refractivity contribution in [3.8, 4) is 0 Å². The number of nitrogens with zero attached hydrogens (tertiary/aromatic N) is 1. The van der Waals surface area contributed by atoms with Crippen molar-refractivity contribution in [3.63, 3.8) is 0 Å². The fourth-order valence-corrected chi connectivity index (χ4v) is 1.64. The lowest BCUT2D eigenvalue weighted by atomic mass is 9.84. The normalized spacial score (nSPS) is 14.6. The average Bonchev–Trinajstić information content (AvgIpc) is 2.30. The van der Waals surface area contributed by atoms with Crippen molar-refractivity contribution >= 4 is 12.0 Å². The lowest BCUT2D eigenvalue weighted by Crippen LogP contribution is -2.46. The highest BCUT2D eigenvalue weighted by Crippen LogP contribution is 2.24. The molecule has 0 fully saturated rings. The maximum absolute atomic E-state index is 11.7. The van der Waals surface area contributed by atoms with E-state index in [4.69, 9.17) is 10.2 Å². The molecule has 6 nitrogen and oxygen atoms in total. The van der Waals surface area contributed by atoms with Crippen LogP contribution in [0, 0.1) is 11.3 Å². The summed E-state index contributed by atoms with van der Waals surface area (Å²) in [4.78, 5) is 24.2. The summed E-state index contributed by atoms with van der Waals surface area (Å²) in [6.07, 6.45) is 0.488. The van der Waals surface area contributed by atoms with Crippen LogP contribution in [-0.4, -0.2) is 53.4 Å². The van der Waals surface area contributed by atoms with Crippen molar-refractivity contribution in [1.82, 2.24) is 10.2 Å². The minimum absolute atomic E-state index is 0.0912. The highest BCUT2D eigenvalue weighted by Gasteiger charge is 2.25. The van der Waals surface area contributed by atoms with E-state index in [-0.39, 0.29) is 30.6 Å². The van der Waals surface area contributed by atoms with Crippen molar-refractivity contribution in [3.05, 3.63) is 0 Å². The molecule has 0 aliphatic carbocycles.